The lowest BCUT2D eigenvalue weighted by molar-refractivity contribution is -0.133. The van der Waals surface area contributed by atoms with Crippen LogP contribution in [0.25, 0.3) is 11.1 Å². The molecule has 1 unspecified atom stereocenters. The minimum absolute atomic E-state index is 0. The number of nitrogens with one attached hydrogen (secondary N) is 2. The number of anilines is 1. The molecule has 8 heteroatoms. The molecule has 0 saturated carbocycles. The topological polar surface area (TPSA) is 94.2 Å². The van der Waals surface area contributed by atoms with Crippen LogP contribution in [0.15, 0.2) is 28.7 Å². The highest BCUT2D eigenvalue weighted by molar-refractivity contribution is 5.85. The molecule has 2 N–H and O–H groups in total. The van der Waals surface area contributed by atoms with Crippen molar-refractivity contribution in [2.75, 3.05) is 18.4 Å². The Kier molecular flexibility index (Phi) is 5.11. The number of halogens is 1. The molecule has 2 aliphatic heterocycles. The zero-order valence-electron chi connectivity index (χ0n) is 13.6. The maximum Gasteiger partial charge on any atom is 0.295 e. The van der Waals surface area contributed by atoms with Gasteiger partial charge >= 0.3 is 0 Å². The summed E-state index contributed by atoms with van der Waals surface area (Å²) in [4.78, 5) is 18.7. The number of benzene rings is 1. The van der Waals surface area contributed by atoms with Crippen molar-refractivity contribution in [2.24, 2.45) is 0 Å². The van der Waals surface area contributed by atoms with Gasteiger partial charge in [-0.3, -0.25) is 4.79 Å². The zero-order valence-corrected chi connectivity index (χ0v) is 14.5. The maximum atomic E-state index is 12.6. The largest absolute Gasteiger partial charge is 0.424 e. The van der Waals surface area contributed by atoms with Crippen molar-refractivity contribution >= 4 is 35.4 Å². The molecule has 2 saturated heterocycles. The van der Waals surface area contributed by atoms with Crippen LogP contribution in [0.2, 0.25) is 0 Å². The summed E-state index contributed by atoms with van der Waals surface area (Å²) in [6.07, 6.45) is 2.34. The zero-order chi connectivity index (χ0) is 16.5. The molecule has 25 heavy (non-hydrogen) atoms. The van der Waals surface area contributed by atoms with Crippen molar-refractivity contribution in [3.8, 4) is 6.07 Å². The molecule has 1 amide bonds. The second-order valence-corrected chi connectivity index (χ2v) is 6.34. The van der Waals surface area contributed by atoms with Crippen molar-refractivity contribution in [3.63, 3.8) is 0 Å². The second-order valence-electron chi connectivity index (χ2n) is 6.34. The molecule has 2 fully saturated rings. The Morgan fingerprint density at radius 2 is 2.28 bits per heavy atom. The van der Waals surface area contributed by atoms with E-state index in [1.807, 2.05) is 24.3 Å². The van der Waals surface area contributed by atoms with Gasteiger partial charge < -0.3 is 20.0 Å². The predicted octanol–water partition coefficient (Wildman–Crippen LogP) is 1.91. The Morgan fingerprint density at radius 3 is 3.08 bits per heavy atom. The third-order valence-corrected chi connectivity index (χ3v) is 4.74. The van der Waals surface area contributed by atoms with Gasteiger partial charge in [0.15, 0.2) is 5.58 Å². The summed E-state index contributed by atoms with van der Waals surface area (Å²) >= 11 is 0. The van der Waals surface area contributed by atoms with Gasteiger partial charge in [0.05, 0.1) is 12.1 Å². The molecule has 3 atom stereocenters. The quantitative estimate of drug-likeness (QED) is 0.867. The SMILES string of the molecule is Cl.N#CC1CCCN1C(=O)[C@@H]1C[C@@H](Nc2nc3ccccc3o2)CN1. The summed E-state index contributed by atoms with van der Waals surface area (Å²) in [5.41, 5.74) is 1.56. The van der Waals surface area contributed by atoms with E-state index in [-0.39, 0.29) is 36.4 Å². The van der Waals surface area contributed by atoms with Crippen LogP contribution in [-0.4, -0.2) is 47.0 Å². The highest BCUT2D eigenvalue weighted by Gasteiger charge is 2.37. The van der Waals surface area contributed by atoms with Gasteiger partial charge in [0.2, 0.25) is 5.91 Å². The van der Waals surface area contributed by atoms with E-state index in [0.29, 0.717) is 25.5 Å². The van der Waals surface area contributed by atoms with Gasteiger partial charge in [0, 0.05) is 19.1 Å². The molecule has 4 rings (SSSR count). The van der Waals surface area contributed by atoms with Crippen LogP contribution < -0.4 is 10.6 Å². The average molecular weight is 362 g/mol. The molecule has 132 valence electrons. The van der Waals surface area contributed by atoms with E-state index in [4.69, 9.17) is 9.68 Å². The third kappa shape index (κ3) is 3.41. The van der Waals surface area contributed by atoms with Crippen LogP contribution >= 0.6 is 12.4 Å². The number of para-hydroxylation sites is 2. The number of likely N-dealkylation sites (tertiary alicyclic amines) is 1. The Balaban J connectivity index is 0.00000182. The van der Waals surface area contributed by atoms with Crippen LogP contribution in [0.4, 0.5) is 6.01 Å². The number of oxazole rings is 1. The van der Waals surface area contributed by atoms with Gasteiger partial charge in [0.25, 0.3) is 6.01 Å². The van der Waals surface area contributed by atoms with E-state index in [9.17, 15) is 4.79 Å². The molecular formula is C17H20ClN5O2. The van der Waals surface area contributed by atoms with Crippen molar-refractivity contribution in [2.45, 2.75) is 37.4 Å². The minimum atomic E-state index is -0.275. The summed E-state index contributed by atoms with van der Waals surface area (Å²) in [5.74, 6) is 0.0286. The maximum absolute atomic E-state index is 12.6. The summed E-state index contributed by atoms with van der Waals surface area (Å²) in [6.45, 7) is 1.35. The number of hydrogen-bond acceptors (Lipinski definition) is 6. The smallest absolute Gasteiger partial charge is 0.295 e. The first-order valence-electron chi connectivity index (χ1n) is 8.30. The standard InChI is InChI=1S/C17H19N5O2.ClH/c18-9-12-4-3-7-22(12)16(23)14-8-11(10-19-14)20-17-21-13-5-1-2-6-15(13)24-17;/h1-2,5-6,11-12,14,19H,3-4,7-8,10H2,(H,20,21);1H/t11-,12?,14+;/m1./s1. The number of hydrogen-bond donors (Lipinski definition) is 2. The molecule has 0 bridgehead atoms. The number of fused-ring (bicyclic) bond motifs is 1. The van der Waals surface area contributed by atoms with Gasteiger partial charge in [-0.2, -0.15) is 10.2 Å². The second kappa shape index (κ2) is 7.30. The molecule has 3 heterocycles. The van der Waals surface area contributed by atoms with Crippen LogP contribution in [-0.2, 0) is 4.79 Å². The van der Waals surface area contributed by atoms with E-state index in [0.717, 1.165) is 23.9 Å². The Hall–Kier alpha value is -2.30. The van der Waals surface area contributed by atoms with E-state index in [1.54, 1.807) is 4.90 Å². The van der Waals surface area contributed by atoms with Gasteiger partial charge in [-0.05, 0) is 31.4 Å². The average Bonchev–Trinajstić information content (AvgIpc) is 3.32. The molecule has 7 nitrogen and oxygen atoms in total. The highest BCUT2D eigenvalue weighted by Crippen LogP contribution is 2.23. The van der Waals surface area contributed by atoms with Gasteiger partial charge in [-0.25, -0.2) is 0 Å². The molecule has 2 aliphatic rings. The van der Waals surface area contributed by atoms with Crippen LogP contribution in [0.5, 0.6) is 0 Å². The summed E-state index contributed by atoms with van der Waals surface area (Å²) in [7, 11) is 0. The van der Waals surface area contributed by atoms with Gasteiger partial charge in [0.1, 0.15) is 11.6 Å². The Morgan fingerprint density at radius 1 is 1.44 bits per heavy atom. The number of rotatable bonds is 3. The predicted molar refractivity (Wildman–Crippen MR) is 95.4 cm³/mol. The van der Waals surface area contributed by atoms with E-state index in [1.165, 1.54) is 0 Å². The Labute approximate surface area is 151 Å². The first-order valence-corrected chi connectivity index (χ1v) is 8.30. The first-order chi connectivity index (χ1) is 11.7. The van der Waals surface area contributed by atoms with Crippen LogP contribution in [0.3, 0.4) is 0 Å². The molecule has 1 aromatic carbocycles. The van der Waals surface area contributed by atoms with Crippen molar-refractivity contribution < 1.29 is 9.21 Å². The molecule has 1 aromatic heterocycles. The van der Waals surface area contributed by atoms with Crippen LogP contribution in [0, 0.1) is 11.3 Å². The molecule has 0 aliphatic carbocycles. The fraction of sp³-hybridized carbons (Fsp3) is 0.471. The Bertz CT molecular complexity index is 769. The number of carbonyl (C=O) groups excluding carboxylic acids is 1. The summed E-state index contributed by atoms with van der Waals surface area (Å²) in [5, 5.41) is 15.7. The number of aromatic nitrogens is 1. The first kappa shape index (κ1) is 17.5. The molecule has 0 spiro atoms. The molecule has 2 aromatic rings. The third-order valence-electron chi connectivity index (χ3n) is 4.74. The fourth-order valence-electron chi connectivity index (χ4n) is 3.51. The van der Waals surface area contributed by atoms with Crippen molar-refractivity contribution in [1.29, 1.82) is 5.26 Å². The highest BCUT2D eigenvalue weighted by atomic mass is 35.5. The van der Waals surface area contributed by atoms with Crippen molar-refractivity contribution in [3.05, 3.63) is 24.3 Å². The number of nitriles is 1. The fourth-order valence-corrected chi connectivity index (χ4v) is 3.51. The van der Waals surface area contributed by atoms with Gasteiger partial charge in [-0.1, -0.05) is 12.1 Å². The normalized spacial score (nSPS) is 25.6. The van der Waals surface area contributed by atoms with E-state index < -0.39 is 0 Å². The lowest BCUT2D eigenvalue weighted by Gasteiger charge is -2.23. The summed E-state index contributed by atoms with van der Waals surface area (Å²) < 4.78 is 5.67. The monoisotopic (exact) mass is 361 g/mol. The number of amides is 1. The summed E-state index contributed by atoms with van der Waals surface area (Å²) in [6, 6.07) is 9.86. The lowest BCUT2D eigenvalue weighted by atomic mass is 10.1. The van der Waals surface area contributed by atoms with Crippen LogP contribution in [0.1, 0.15) is 19.3 Å². The molecular weight excluding hydrogens is 342 g/mol. The molecule has 0 radical (unpaired) electrons. The number of nitrogens with zero attached hydrogens (tertiary/aromatic N) is 3. The minimum Gasteiger partial charge on any atom is -0.424 e. The van der Waals surface area contributed by atoms with E-state index >= 15 is 0 Å². The lowest BCUT2D eigenvalue weighted by Crippen LogP contribution is -2.45. The van der Waals surface area contributed by atoms with Crippen molar-refractivity contribution in [1.82, 2.24) is 15.2 Å². The van der Waals surface area contributed by atoms with E-state index in [2.05, 4.69) is 21.7 Å². The van der Waals surface area contributed by atoms with Gasteiger partial charge in [-0.15, -0.1) is 12.4 Å². The number of carbonyl (C=O) groups is 1.